The summed E-state index contributed by atoms with van der Waals surface area (Å²) in [6.45, 7) is 5.52. The van der Waals surface area contributed by atoms with Gasteiger partial charge in [-0.3, -0.25) is 0 Å². The van der Waals surface area contributed by atoms with Gasteiger partial charge < -0.3 is 9.88 Å². The highest BCUT2D eigenvalue weighted by atomic mass is 32.2. The average molecular weight is 285 g/mol. The molecule has 5 nitrogen and oxygen atoms in total. The highest BCUT2D eigenvalue weighted by Gasteiger charge is 2.31. The highest BCUT2D eigenvalue weighted by Crippen LogP contribution is 2.20. The maximum absolute atomic E-state index is 11.8. The monoisotopic (exact) mass is 285 g/mol. The number of aromatic nitrogens is 2. The quantitative estimate of drug-likeness (QED) is 0.868. The first kappa shape index (κ1) is 14.4. The number of anilines is 1. The van der Waals surface area contributed by atoms with Crippen LogP contribution in [0, 0.1) is 6.92 Å². The Balaban J connectivity index is 1.99. The van der Waals surface area contributed by atoms with Crippen molar-refractivity contribution in [1.82, 2.24) is 9.55 Å². The molecule has 0 aliphatic carbocycles. The van der Waals surface area contributed by atoms with Crippen LogP contribution in [0.5, 0.6) is 0 Å². The van der Waals surface area contributed by atoms with Gasteiger partial charge in [-0.15, -0.1) is 0 Å². The van der Waals surface area contributed by atoms with Crippen molar-refractivity contribution in [1.29, 1.82) is 0 Å². The van der Waals surface area contributed by atoms with Crippen molar-refractivity contribution >= 4 is 15.8 Å². The smallest absolute Gasteiger partial charge is 0.203 e. The van der Waals surface area contributed by atoms with Crippen LogP contribution in [-0.2, 0) is 16.4 Å². The first-order chi connectivity index (χ1) is 9.03. The van der Waals surface area contributed by atoms with Gasteiger partial charge in [-0.05, 0) is 26.2 Å². The lowest BCUT2D eigenvalue weighted by atomic mass is 10.2. The molecular weight excluding hydrogens is 262 g/mol. The molecule has 0 radical (unpaired) electrons. The van der Waals surface area contributed by atoms with Crippen molar-refractivity contribution in [2.75, 3.05) is 17.6 Å². The molecule has 0 saturated carbocycles. The summed E-state index contributed by atoms with van der Waals surface area (Å²) in [7, 11) is -2.88. The standard InChI is InChI=1S/C13H23N3O2S/c1-3-4-7-16-10-11(2)15-13(16)14-9-12-6-5-8-19(12,17)18/h10,12H,3-9H2,1-2H3,(H,14,15). The van der Waals surface area contributed by atoms with Crippen molar-refractivity contribution in [3.8, 4) is 0 Å². The van der Waals surface area contributed by atoms with Gasteiger partial charge >= 0.3 is 0 Å². The lowest BCUT2D eigenvalue weighted by molar-refractivity contribution is 0.590. The van der Waals surface area contributed by atoms with E-state index in [1.807, 2.05) is 13.1 Å². The van der Waals surface area contributed by atoms with Gasteiger partial charge in [0.25, 0.3) is 0 Å². The zero-order valence-corrected chi connectivity index (χ0v) is 12.5. The predicted octanol–water partition coefficient (Wildman–Crippen LogP) is 1.98. The minimum Gasteiger partial charge on any atom is -0.354 e. The van der Waals surface area contributed by atoms with E-state index in [0.717, 1.165) is 43.9 Å². The largest absolute Gasteiger partial charge is 0.354 e. The van der Waals surface area contributed by atoms with Crippen LogP contribution in [0.15, 0.2) is 6.20 Å². The second-order valence-corrected chi connectivity index (χ2v) is 7.67. The Kier molecular flexibility index (Phi) is 4.50. The highest BCUT2D eigenvalue weighted by molar-refractivity contribution is 7.92. The van der Waals surface area contributed by atoms with E-state index in [0.29, 0.717) is 12.3 Å². The molecule has 108 valence electrons. The topological polar surface area (TPSA) is 64.0 Å². The van der Waals surface area contributed by atoms with Crippen LogP contribution in [-0.4, -0.2) is 35.5 Å². The minimum atomic E-state index is -2.88. The first-order valence-electron chi connectivity index (χ1n) is 7.02. The Morgan fingerprint density at radius 3 is 2.95 bits per heavy atom. The summed E-state index contributed by atoms with van der Waals surface area (Å²) < 4.78 is 25.6. The Bertz CT molecular complexity index is 522. The number of imidazole rings is 1. The number of unbranched alkanes of at least 4 members (excludes halogenated alkanes) is 1. The molecule has 2 rings (SSSR count). The summed E-state index contributed by atoms with van der Waals surface area (Å²) in [5.41, 5.74) is 0.966. The van der Waals surface area contributed by atoms with Gasteiger partial charge in [0.05, 0.1) is 16.7 Å². The molecule has 1 aliphatic heterocycles. The van der Waals surface area contributed by atoms with E-state index < -0.39 is 9.84 Å². The summed E-state index contributed by atoms with van der Waals surface area (Å²) in [6, 6.07) is 0. The number of sulfone groups is 1. The second-order valence-electron chi connectivity index (χ2n) is 5.26. The van der Waals surface area contributed by atoms with Crippen molar-refractivity contribution in [2.24, 2.45) is 0 Å². The van der Waals surface area contributed by atoms with Crippen molar-refractivity contribution in [3.63, 3.8) is 0 Å². The molecule has 19 heavy (non-hydrogen) atoms. The summed E-state index contributed by atoms with van der Waals surface area (Å²) in [6.07, 6.45) is 5.81. The Morgan fingerprint density at radius 2 is 2.32 bits per heavy atom. The lowest BCUT2D eigenvalue weighted by Crippen LogP contribution is -2.26. The third-order valence-electron chi connectivity index (χ3n) is 3.60. The fourth-order valence-corrected chi connectivity index (χ4v) is 4.24. The van der Waals surface area contributed by atoms with Crippen LogP contribution in [0.1, 0.15) is 38.3 Å². The Morgan fingerprint density at radius 1 is 1.53 bits per heavy atom. The number of hydrogen-bond acceptors (Lipinski definition) is 4. The molecule has 0 amide bonds. The molecule has 0 bridgehead atoms. The second kappa shape index (κ2) is 5.94. The Hall–Kier alpha value is -1.04. The van der Waals surface area contributed by atoms with Gasteiger partial charge in [0, 0.05) is 19.3 Å². The minimum absolute atomic E-state index is 0.246. The number of hydrogen-bond donors (Lipinski definition) is 1. The maximum atomic E-state index is 11.8. The van der Waals surface area contributed by atoms with Gasteiger partial charge in [-0.25, -0.2) is 13.4 Å². The molecule has 2 heterocycles. The van der Waals surface area contributed by atoms with Crippen LogP contribution >= 0.6 is 0 Å². The molecule has 1 atom stereocenters. The van der Waals surface area contributed by atoms with Crippen molar-refractivity contribution < 1.29 is 8.42 Å². The van der Waals surface area contributed by atoms with Crippen LogP contribution < -0.4 is 5.32 Å². The van der Waals surface area contributed by atoms with Crippen molar-refractivity contribution in [2.45, 2.75) is 51.3 Å². The fraction of sp³-hybridized carbons (Fsp3) is 0.769. The molecule has 1 aromatic rings. The lowest BCUT2D eigenvalue weighted by Gasteiger charge is -2.13. The van der Waals surface area contributed by atoms with Crippen LogP contribution in [0.3, 0.4) is 0 Å². The van der Waals surface area contributed by atoms with E-state index in [1.165, 1.54) is 0 Å². The van der Waals surface area contributed by atoms with E-state index in [9.17, 15) is 8.42 Å². The molecule has 6 heteroatoms. The van der Waals surface area contributed by atoms with Crippen LogP contribution in [0.2, 0.25) is 0 Å². The summed E-state index contributed by atoms with van der Waals surface area (Å²) in [5.74, 6) is 1.14. The number of rotatable bonds is 6. The molecule has 1 fully saturated rings. The SMILES string of the molecule is CCCCn1cc(C)nc1NCC1CCCS1(=O)=O. The van der Waals surface area contributed by atoms with Gasteiger partial charge in [-0.1, -0.05) is 13.3 Å². The third-order valence-corrected chi connectivity index (χ3v) is 5.88. The molecule has 0 spiro atoms. The predicted molar refractivity (Wildman–Crippen MR) is 77.2 cm³/mol. The molecule has 0 aromatic carbocycles. The van der Waals surface area contributed by atoms with Crippen LogP contribution in [0.25, 0.3) is 0 Å². The van der Waals surface area contributed by atoms with E-state index >= 15 is 0 Å². The normalized spacial score (nSPS) is 21.7. The number of aryl methyl sites for hydroxylation is 2. The summed E-state index contributed by atoms with van der Waals surface area (Å²) >= 11 is 0. The molecule has 1 aliphatic rings. The molecule has 1 saturated heterocycles. The zero-order chi connectivity index (χ0) is 13.9. The van der Waals surface area contributed by atoms with E-state index in [4.69, 9.17) is 0 Å². The zero-order valence-electron chi connectivity index (χ0n) is 11.7. The maximum Gasteiger partial charge on any atom is 0.203 e. The Labute approximate surface area is 115 Å². The van der Waals surface area contributed by atoms with E-state index in [-0.39, 0.29) is 5.25 Å². The van der Waals surface area contributed by atoms with Gasteiger partial charge in [0.1, 0.15) is 0 Å². The summed E-state index contributed by atoms with van der Waals surface area (Å²) in [4.78, 5) is 4.43. The third kappa shape index (κ3) is 3.49. The van der Waals surface area contributed by atoms with Crippen molar-refractivity contribution in [3.05, 3.63) is 11.9 Å². The van der Waals surface area contributed by atoms with Gasteiger partial charge in [0.15, 0.2) is 9.84 Å². The van der Waals surface area contributed by atoms with Crippen LogP contribution in [0.4, 0.5) is 5.95 Å². The first-order valence-corrected chi connectivity index (χ1v) is 8.73. The number of nitrogens with zero attached hydrogens (tertiary/aromatic N) is 2. The fourth-order valence-electron chi connectivity index (χ4n) is 2.48. The van der Waals surface area contributed by atoms with E-state index in [1.54, 1.807) is 0 Å². The molecular formula is C13H23N3O2S. The molecule has 1 unspecified atom stereocenters. The average Bonchev–Trinajstić information content (AvgIpc) is 2.86. The molecule has 1 aromatic heterocycles. The molecule has 1 N–H and O–H groups in total. The van der Waals surface area contributed by atoms with Gasteiger partial charge in [-0.2, -0.15) is 0 Å². The van der Waals surface area contributed by atoms with Gasteiger partial charge in [0.2, 0.25) is 5.95 Å². The summed E-state index contributed by atoms with van der Waals surface area (Å²) in [5, 5.41) is 2.97. The number of nitrogens with one attached hydrogen (secondary N) is 1. The van der Waals surface area contributed by atoms with E-state index in [2.05, 4.69) is 21.8 Å².